The fraction of sp³-hybridized carbons (Fsp3) is 0.600. The summed E-state index contributed by atoms with van der Waals surface area (Å²) in [6.07, 6.45) is -4.45. The number of nitrogens with zero attached hydrogens (tertiary/aromatic N) is 2. The number of carbonyl (C=O) groups excluding carboxylic acids is 1. The van der Waals surface area contributed by atoms with E-state index < -0.39 is 18.6 Å². The van der Waals surface area contributed by atoms with Crippen LogP contribution < -0.4 is 5.73 Å². The van der Waals surface area contributed by atoms with E-state index in [4.69, 9.17) is 5.73 Å². The number of alkyl halides is 3. The molecule has 0 spiro atoms. The summed E-state index contributed by atoms with van der Waals surface area (Å²) in [4.78, 5) is 12.3. The van der Waals surface area contributed by atoms with Crippen LogP contribution in [0.4, 0.5) is 18.9 Å². The van der Waals surface area contributed by atoms with Gasteiger partial charge in [-0.25, -0.2) is 0 Å². The van der Waals surface area contributed by atoms with Crippen molar-refractivity contribution in [2.24, 2.45) is 0 Å². The molecule has 0 radical (unpaired) electrons. The van der Waals surface area contributed by atoms with Gasteiger partial charge in [-0.1, -0.05) is 13.8 Å². The highest BCUT2D eigenvalue weighted by Crippen LogP contribution is 2.24. The first kappa shape index (κ1) is 14.3. The van der Waals surface area contributed by atoms with Crippen LogP contribution in [0, 0.1) is 0 Å². The van der Waals surface area contributed by atoms with Crippen LogP contribution in [0.25, 0.3) is 0 Å². The van der Waals surface area contributed by atoms with Gasteiger partial charge in [-0.3, -0.25) is 9.89 Å². The number of carbonyl (C=O) groups is 1. The van der Waals surface area contributed by atoms with Crippen molar-refractivity contribution in [3.8, 4) is 0 Å². The molecular weight excluding hydrogens is 249 g/mol. The van der Waals surface area contributed by atoms with Gasteiger partial charge in [-0.05, 0) is 5.92 Å². The number of nitrogens with one attached hydrogen (secondary N) is 1. The Bertz CT molecular complexity index is 439. The molecule has 8 heteroatoms. The molecule has 1 aromatic heterocycles. The Hall–Kier alpha value is -1.73. The van der Waals surface area contributed by atoms with Gasteiger partial charge in [-0.15, -0.1) is 0 Å². The standard InChI is InChI=1S/C10H15F3N4O/c1-5(2)7-6(14)8(16-15-7)9(18)17(3)4-10(11,12)13/h5H,4,14H2,1-3H3,(H,15,16). The molecule has 0 aliphatic rings. The highest BCUT2D eigenvalue weighted by Gasteiger charge is 2.33. The van der Waals surface area contributed by atoms with Gasteiger partial charge in [0.1, 0.15) is 6.54 Å². The maximum Gasteiger partial charge on any atom is 0.406 e. The number of aromatic nitrogens is 2. The quantitative estimate of drug-likeness (QED) is 0.873. The summed E-state index contributed by atoms with van der Waals surface area (Å²) in [6, 6.07) is 0. The van der Waals surface area contributed by atoms with Crippen LogP contribution in [0.5, 0.6) is 0 Å². The number of nitrogens with two attached hydrogens (primary N) is 1. The van der Waals surface area contributed by atoms with Gasteiger partial charge in [0.05, 0.1) is 11.4 Å². The zero-order valence-electron chi connectivity index (χ0n) is 10.3. The lowest BCUT2D eigenvalue weighted by atomic mass is 10.1. The highest BCUT2D eigenvalue weighted by atomic mass is 19.4. The Morgan fingerprint density at radius 1 is 1.50 bits per heavy atom. The number of H-pyrrole nitrogens is 1. The van der Waals surface area contributed by atoms with Crippen LogP contribution in [0.15, 0.2) is 0 Å². The zero-order valence-corrected chi connectivity index (χ0v) is 10.3. The maximum atomic E-state index is 12.2. The summed E-state index contributed by atoms with van der Waals surface area (Å²) in [5.74, 6) is -0.847. The van der Waals surface area contributed by atoms with E-state index in [2.05, 4.69) is 10.2 Å². The van der Waals surface area contributed by atoms with E-state index in [0.29, 0.717) is 10.6 Å². The molecule has 3 N–H and O–H groups in total. The summed E-state index contributed by atoms with van der Waals surface area (Å²) in [5, 5.41) is 6.25. The Morgan fingerprint density at radius 2 is 2.06 bits per heavy atom. The summed E-state index contributed by atoms with van der Waals surface area (Å²) in [5.41, 5.74) is 6.15. The molecule has 0 aliphatic heterocycles. The second-order valence-corrected chi connectivity index (χ2v) is 4.33. The summed E-state index contributed by atoms with van der Waals surface area (Å²) < 4.78 is 36.5. The van der Waals surface area contributed by atoms with Crippen molar-refractivity contribution in [1.29, 1.82) is 0 Å². The molecule has 0 bridgehead atoms. The third kappa shape index (κ3) is 3.14. The average Bonchev–Trinajstić information content (AvgIpc) is 2.56. The van der Waals surface area contributed by atoms with E-state index >= 15 is 0 Å². The van der Waals surface area contributed by atoms with Gasteiger partial charge in [-0.2, -0.15) is 18.3 Å². The monoisotopic (exact) mass is 264 g/mol. The number of nitrogen functional groups attached to an aromatic ring is 1. The number of rotatable bonds is 3. The van der Waals surface area contributed by atoms with Gasteiger partial charge in [0.15, 0.2) is 5.69 Å². The fourth-order valence-electron chi connectivity index (χ4n) is 1.49. The largest absolute Gasteiger partial charge is 0.406 e. The summed E-state index contributed by atoms with van der Waals surface area (Å²) in [7, 11) is 1.05. The van der Waals surface area contributed by atoms with Crippen LogP contribution in [0.1, 0.15) is 35.9 Å². The van der Waals surface area contributed by atoms with E-state index in [-0.39, 0.29) is 17.3 Å². The van der Waals surface area contributed by atoms with Crippen LogP contribution in [-0.4, -0.2) is 40.8 Å². The van der Waals surface area contributed by atoms with Crippen molar-refractivity contribution in [1.82, 2.24) is 15.1 Å². The molecular formula is C10H15F3N4O. The molecule has 0 aliphatic carbocycles. The summed E-state index contributed by atoms with van der Waals surface area (Å²) >= 11 is 0. The molecule has 1 amide bonds. The topological polar surface area (TPSA) is 75.0 Å². The Morgan fingerprint density at radius 3 is 2.44 bits per heavy atom. The molecule has 102 valence electrons. The Kier molecular flexibility index (Phi) is 3.88. The Labute approximate surface area is 102 Å². The Balaban J connectivity index is 2.91. The lowest BCUT2D eigenvalue weighted by Gasteiger charge is -2.18. The first-order valence-electron chi connectivity index (χ1n) is 5.29. The molecule has 0 atom stereocenters. The molecule has 0 aromatic carbocycles. The third-order valence-corrected chi connectivity index (χ3v) is 2.38. The molecule has 5 nitrogen and oxygen atoms in total. The molecule has 0 saturated heterocycles. The van der Waals surface area contributed by atoms with Crippen molar-refractivity contribution in [2.75, 3.05) is 19.3 Å². The van der Waals surface area contributed by atoms with Crippen molar-refractivity contribution in [3.05, 3.63) is 11.4 Å². The van der Waals surface area contributed by atoms with E-state index in [1.54, 1.807) is 0 Å². The molecule has 1 heterocycles. The van der Waals surface area contributed by atoms with E-state index in [1.165, 1.54) is 0 Å². The second-order valence-electron chi connectivity index (χ2n) is 4.33. The van der Waals surface area contributed by atoms with Crippen molar-refractivity contribution < 1.29 is 18.0 Å². The fourth-order valence-corrected chi connectivity index (χ4v) is 1.49. The molecule has 1 rings (SSSR count). The highest BCUT2D eigenvalue weighted by molar-refractivity contribution is 5.97. The molecule has 0 unspecified atom stereocenters. The predicted molar refractivity (Wildman–Crippen MR) is 60.1 cm³/mol. The number of halogens is 3. The number of aromatic amines is 1. The van der Waals surface area contributed by atoms with E-state index in [0.717, 1.165) is 7.05 Å². The minimum atomic E-state index is -4.45. The van der Waals surface area contributed by atoms with E-state index in [9.17, 15) is 18.0 Å². The summed E-state index contributed by atoms with van der Waals surface area (Å²) in [6.45, 7) is 2.32. The molecule has 0 saturated carbocycles. The number of amides is 1. The van der Waals surface area contributed by atoms with Gasteiger partial charge >= 0.3 is 6.18 Å². The SMILES string of the molecule is CC(C)c1[nH]nc(C(=O)N(C)CC(F)(F)F)c1N. The molecule has 1 aromatic rings. The smallest absolute Gasteiger partial charge is 0.395 e. The zero-order chi connectivity index (χ0) is 14.1. The van der Waals surface area contributed by atoms with Crippen LogP contribution >= 0.6 is 0 Å². The van der Waals surface area contributed by atoms with Crippen LogP contribution in [-0.2, 0) is 0 Å². The number of hydrogen-bond donors (Lipinski definition) is 2. The number of anilines is 1. The normalized spacial score (nSPS) is 11.9. The first-order chi connectivity index (χ1) is 8.13. The molecule has 0 fully saturated rings. The molecule has 18 heavy (non-hydrogen) atoms. The first-order valence-corrected chi connectivity index (χ1v) is 5.29. The van der Waals surface area contributed by atoms with Crippen LogP contribution in [0.3, 0.4) is 0 Å². The van der Waals surface area contributed by atoms with Gasteiger partial charge in [0.25, 0.3) is 5.91 Å². The predicted octanol–water partition coefficient (Wildman–Crippen LogP) is 1.75. The van der Waals surface area contributed by atoms with Gasteiger partial charge in [0.2, 0.25) is 0 Å². The maximum absolute atomic E-state index is 12.2. The van der Waals surface area contributed by atoms with E-state index in [1.807, 2.05) is 13.8 Å². The van der Waals surface area contributed by atoms with Crippen molar-refractivity contribution >= 4 is 11.6 Å². The van der Waals surface area contributed by atoms with Crippen LogP contribution in [0.2, 0.25) is 0 Å². The lowest BCUT2D eigenvalue weighted by Crippen LogP contribution is -2.36. The lowest BCUT2D eigenvalue weighted by molar-refractivity contribution is -0.138. The van der Waals surface area contributed by atoms with Gasteiger partial charge < -0.3 is 10.6 Å². The minimum absolute atomic E-state index is 0.00646. The minimum Gasteiger partial charge on any atom is -0.395 e. The number of hydrogen-bond acceptors (Lipinski definition) is 3. The second kappa shape index (κ2) is 4.87. The average molecular weight is 264 g/mol. The third-order valence-electron chi connectivity index (χ3n) is 2.38. The van der Waals surface area contributed by atoms with Gasteiger partial charge in [0, 0.05) is 7.05 Å². The van der Waals surface area contributed by atoms with Crippen molar-refractivity contribution in [2.45, 2.75) is 25.9 Å². The van der Waals surface area contributed by atoms with Crippen molar-refractivity contribution in [3.63, 3.8) is 0 Å².